The molecule has 10 nitrogen and oxygen atoms in total. The molecule has 1 aliphatic rings. The number of sulfonamides is 1. The lowest BCUT2D eigenvalue weighted by Gasteiger charge is -2.29. The van der Waals surface area contributed by atoms with E-state index in [2.05, 4.69) is 27.2 Å². The van der Waals surface area contributed by atoms with Gasteiger partial charge in [0.25, 0.3) is 5.91 Å². The van der Waals surface area contributed by atoms with Crippen molar-refractivity contribution in [2.24, 2.45) is 11.8 Å². The van der Waals surface area contributed by atoms with Gasteiger partial charge in [-0.3, -0.25) is 20.0 Å². The molecule has 4 N–H and O–H groups in total. The molecule has 2 aromatic heterocycles. The minimum Gasteiger partial charge on any atom is -0.481 e. The maximum absolute atomic E-state index is 14.9. The lowest BCUT2D eigenvalue weighted by molar-refractivity contribution is -0.142. The van der Waals surface area contributed by atoms with Gasteiger partial charge < -0.3 is 5.11 Å². The average Bonchev–Trinajstić information content (AvgIpc) is 2.99. The molecule has 0 aliphatic carbocycles. The van der Waals surface area contributed by atoms with Gasteiger partial charge >= 0.3 is 5.97 Å². The molecule has 1 fully saturated rings. The van der Waals surface area contributed by atoms with Crippen LogP contribution < -0.4 is 11.3 Å². The molecule has 12 heteroatoms. The van der Waals surface area contributed by atoms with Gasteiger partial charge in [0, 0.05) is 42.0 Å². The van der Waals surface area contributed by atoms with Crippen molar-refractivity contribution in [2.75, 3.05) is 13.1 Å². The predicted molar refractivity (Wildman–Crippen MR) is 148 cm³/mol. The number of hydrogen-bond donors (Lipinski definition) is 3. The van der Waals surface area contributed by atoms with E-state index in [0.717, 1.165) is 10.4 Å². The van der Waals surface area contributed by atoms with Gasteiger partial charge in [0.2, 0.25) is 10.0 Å². The third-order valence-corrected chi connectivity index (χ3v) is 8.68. The number of aromatic nitrogens is 2. The van der Waals surface area contributed by atoms with Crippen molar-refractivity contribution in [1.82, 2.24) is 19.7 Å². The van der Waals surface area contributed by atoms with Crippen LogP contribution in [0.25, 0.3) is 22.2 Å². The molecule has 1 saturated heterocycles. The van der Waals surface area contributed by atoms with Gasteiger partial charge in [-0.05, 0) is 55.3 Å². The Morgan fingerprint density at radius 1 is 1.10 bits per heavy atom. The maximum Gasteiger partial charge on any atom is 0.307 e. The number of piperidine rings is 1. The molecule has 208 valence electrons. The van der Waals surface area contributed by atoms with Crippen LogP contribution in [0.15, 0.2) is 71.9 Å². The summed E-state index contributed by atoms with van der Waals surface area (Å²) in [6, 6.07) is 13.7. The topological polar surface area (TPSA) is 156 Å². The number of hydrazine groups is 1. The van der Waals surface area contributed by atoms with Crippen LogP contribution in [0.3, 0.4) is 0 Å². The van der Waals surface area contributed by atoms with E-state index in [1.165, 1.54) is 12.1 Å². The third-order valence-electron chi connectivity index (χ3n) is 6.82. The van der Waals surface area contributed by atoms with Crippen molar-refractivity contribution in [2.45, 2.75) is 17.7 Å². The highest BCUT2D eigenvalue weighted by Crippen LogP contribution is 2.26. The fourth-order valence-electron chi connectivity index (χ4n) is 4.61. The van der Waals surface area contributed by atoms with Crippen molar-refractivity contribution < 1.29 is 27.5 Å². The zero-order valence-electron chi connectivity index (χ0n) is 21.5. The van der Waals surface area contributed by atoms with E-state index in [1.807, 2.05) is 0 Å². The Morgan fingerprint density at radius 2 is 1.88 bits per heavy atom. The van der Waals surface area contributed by atoms with Crippen LogP contribution in [0.1, 0.15) is 34.3 Å². The summed E-state index contributed by atoms with van der Waals surface area (Å²) < 4.78 is 41.9. The molecule has 5 rings (SSSR count). The molecule has 1 atom stereocenters. The first kappa shape index (κ1) is 27.9. The molecule has 1 aliphatic heterocycles. The number of rotatable bonds is 5. The number of nitrogens with two attached hydrogens (primary N) is 1. The van der Waals surface area contributed by atoms with E-state index in [1.54, 1.807) is 48.8 Å². The van der Waals surface area contributed by atoms with Crippen molar-refractivity contribution in [3.8, 4) is 23.1 Å². The van der Waals surface area contributed by atoms with Gasteiger partial charge in [-0.15, -0.1) is 0 Å². The molecule has 0 bridgehead atoms. The highest BCUT2D eigenvalue weighted by Gasteiger charge is 2.33. The smallest absolute Gasteiger partial charge is 0.307 e. The molecule has 0 radical (unpaired) electrons. The number of carbonyl (C=O) groups excluding carboxylic acids is 1. The summed E-state index contributed by atoms with van der Waals surface area (Å²) in [7, 11) is -4.05. The summed E-state index contributed by atoms with van der Waals surface area (Å²) >= 11 is 0. The summed E-state index contributed by atoms with van der Waals surface area (Å²) in [4.78, 5) is 32.0. The van der Waals surface area contributed by atoms with Crippen LogP contribution in [-0.2, 0) is 14.8 Å². The molecular weight excluding hydrogens is 549 g/mol. The number of nitrogens with one attached hydrogen (secondary N) is 1. The van der Waals surface area contributed by atoms with Crippen molar-refractivity contribution in [3.05, 3.63) is 89.5 Å². The van der Waals surface area contributed by atoms with E-state index < -0.39 is 33.6 Å². The Hall–Kier alpha value is -4.70. The Morgan fingerprint density at radius 3 is 2.59 bits per heavy atom. The van der Waals surface area contributed by atoms with Gasteiger partial charge in [0.1, 0.15) is 5.82 Å². The normalized spacial score (nSPS) is 15.6. The van der Waals surface area contributed by atoms with Gasteiger partial charge in [0.05, 0.1) is 33.2 Å². The highest BCUT2D eigenvalue weighted by atomic mass is 32.2. The number of amides is 1. The predicted octanol–water partition coefficient (Wildman–Crippen LogP) is 2.92. The Balaban J connectivity index is 1.36. The third kappa shape index (κ3) is 5.78. The van der Waals surface area contributed by atoms with Crippen LogP contribution in [0.2, 0.25) is 0 Å². The second-order valence-electron chi connectivity index (χ2n) is 9.43. The highest BCUT2D eigenvalue weighted by molar-refractivity contribution is 7.89. The van der Waals surface area contributed by atoms with E-state index in [4.69, 9.17) is 5.84 Å². The minimum absolute atomic E-state index is 0.0114. The number of benzene rings is 2. The van der Waals surface area contributed by atoms with Gasteiger partial charge in [-0.2, -0.15) is 4.31 Å². The van der Waals surface area contributed by atoms with Gasteiger partial charge in [-0.25, -0.2) is 23.6 Å². The number of aliphatic carboxylic acids is 1. The second-order valence-corrected chi connectivity index (χ2v) is 11.4. The SMILES string of the molecule is NNC(=O)c1cc(-c2ccc(C#Cc3ccc(S(=O)(=O)N4CCCC(C(=O)O)C4)cc3F)cc2)nc2ccncc12. The maximum atomic E-state index is 14.9. The van der Waals surface area contributed by atoms with Crippen molar-refractivity contribution in [1.29, 1.82) is 0 Å². The van der Waals surface area contributed by atoms with Crippen molar-refractivity contribution >= 4 is 32.8 Å². The summed E-state index contributed by atoms with van der Waals surface area (Å²) in [5.41, 5.74) is 4.86. The van der Waals surface area contributed by atoms with E-state index in [0.29, 0.717) is 46.1 Å². The summed E-state index contributed by atoms with van der Waals surface area (Å²) in [6.45, 7) is 0.0308. The summed E-state index contributed by atoms with van der Waals surface area (Å²) in [5, 5.41) is 9.82. The number of pyridine rings is 2. The van der Waals surface area contributed by atoms with Crippen LogP contribution in [0.5, 0.6) is 0 Å². The first-order valence-electron chi connectivity index (χ1n) is 12.6. The van der Waals surface area contributed by atoms with E-state index in [-0.39, 0.29) is 23.5 Å². The fourth-order valence-corrected chi connectivity index (χ4v) is 6.15. The van der Waals surface area contributed by atoms with Crippen LogP contribution in [0.4, 0.5) is 4.39 Å². The molecular formula is C29H24FN5O5S. The lowest BCUT2D eigenvalue weighted by Crippen LogP contribution is -2.42. The Bertz CT molecular complexity index is 1830. The Labute approximate surface area is 235 Å². The van der Waals surface area contributed by atoms with Crippen molar-refractivity contribution in [3.63, 3.8) is 0 Å². The van der Waals surface area contributed by atoms with Gasteiger partial charge in [-0.1, -0.05) is 24.0 Å². The first-order valence-corrected chi connectivity index (χ1v) is 14.0. The lowest BCUT2D eigenvalue weighted by atomic mass is 10.0. The molecule has 0 spiro atoms. The standard InChI is InChI=1S/C29H24FN5O5S/c30-25-14-22(41(39,40)35-13-1-2-21(17-35)29(37)38)10-9-19(25)6-3-18-4-7-20(8-5-18)27-15-23(28(36)34-31)24-16-32-12-11-26(24)33-27/h4-5,7-12,14-16,21H,1-2,13,17,31H2,(H,34,36)(H,37,38). The minimum atomic E-state index is -4.05. The number of carboxylic acid groups (broad SMARTS) is 1. The molecule has 3 heterocycles. The van der Waals surface area contributed by atoms with Crippen LogP contribution in [-0.4, -0.2) is 52.8 Å². The number of nitrogens with zero attached hydrogens (tertiary/aromatic N) is 3. The zero-order valence-corrected chi connectivity index (χ0v) is 22.4. The number of nitrogen functional groups attached to an aromatic ring is 1. The van der Waals surface area contributed by atoms with E-state index in [9.17, 15) is 27.5 Å². The fraction of sp³-hybridized carbons (Fsp3) is 0.172. The molecule has 0 saturated carbocycles. The molecule has 1 unspecified atom stereocenters. The Kier molecular flexibility index (Phi) is 7.76. The molecule has 41 heavy (non-hydrogen) atoms. The number of carbonyl (C=O) groups is 2. The molecule has 1 amide bonds. The summed E-state index contributed by atoms with van der Waals surface area (Å²) in [5.74, 6) is 7.81. The number of fused-ring (bicyclic) bond motifs is 1. The number of halogens is 1. The first-order chi connectivity index (χ1) is 19.7. The average molecular weight is 574 g/mol. The zero-order chi connectivity index (χ0) is 29.1. The van der Waals surface area contributed by atoms with Crippen LogP contribution >= 0.6 is 0 Å². The summed E-state index contributed by atoms with van der Waals surface area (Å²) in [6.07, 6.45) is 3.93. The quantitative estimate of drug-likeness (QED) is 0.142. The van der Waals surface area contributed by atoms with Crippen LogP contribution in [0, 0.1) is 23.6 Å². The molecule has 4 aromatic rings. The largest absolute Gasteiger partial charge is 0.481 e. The molecule has 2 aromatic carbocycles. The number of hydrogen-bond acceptors (Lipinski definition) is 7. The second kappa shape index (κ2) is 11.4. The number of carboxylic acids is 1. The monoisotopic (exact) mass is 573 g/mol. The van der Waals surface area contributed by atoms with Gasteiger partial charge in [0.15, 0.2) is 0 Å². The van der Waals surface area contributed by atoms with E-state index >= 15 is 0 Å².